The number of carbonyl (C=O) groups is 3. The van der Waals surface area contributed by atoms with Crippen molar-refractivity contribution in [3.63, 3.8) is 0 Å². The number of halogens is 1. The van der Waals surface area contributed by atoms with Crippen molar-refractivity contribution >= 4 is 47.0 Å². The van der Waals surface area contributed by atoms with E-state index in [4.69, 9.17) is 16.3 Å². The molecule has 0 heterocycles. The minimum atomic E-state index is -1.11. The summed E-state index contributed by atoms with van der Waals surface area (Å²) in [4.78, 5) is 40.9. The number of hydrogen-bond acceptors (Lipinski definition) is 6. The SMILES string of the molecule is CSCCC(NC(=O)OC(C)(C)C)C(=O)N(C)C(C(=O)Nc1c(C)cccc1Cl)c1cccc(O)c1. The zero-order valence-electron chi connectivity index (χ0n) is 21.4. The van der Waals surface area contributed by atoms with Crippen LogP contribution in [0, 0.1) is 6.92 Å². The van der Waals surface area contributed by atoms with E-state index in [1.54, 1.807) is 45.0 Å². The van der Waals surface area contributed by atoms with E-state index in [9.17, 15) is 19.5 Å². The van der Waals surface area contributed by atoms with E-state index in [-0.39, 0.29) is 5.75 Å². The molecule has 2 aromatic carbocycles. The first kappa shape index (κ1) is 29.3. The molecule has 0 aliphatic rings. The van der Waals surface area contributed by atoms with Gasteiger partial charge in [-0.15, -0.1) is 0 Å². The molecule has 2 unspecified atom stereocenters. The first-order chi connectivity index (χ1) is 16.8. The molecule has 8 nitrogen and oxygen atoms in total. The van der Waals surface area contributed by atoms with Gasteiger partial charge in [0.2, 0.25) is 5.91 Å². The molecule has 2 rings (SSSR count). The lowest BCUT2D eigenvalue weighted by Gasteiger charge is -2.32. The lowest BCUT2D eigenvalue weighted by molar-refractivity contribution is -0.139. The largest absolute Gasteiger partial charge is 0.508 e. The highest BCUT2D eigenvalue weighted by Crippen LogP contribution is 2.30. The van der Waals surface area contributed by atoms with Crippen LogP contribution in [0.4, 0.5) is 10.5 Å². The second-order valence-electron chi connectivity index (χ2n) is 9.35. The number of phenolic OH excluding ortho intramolecular Hbond substituents is 1. The Hall–Kier alpha value is -2.91. The van der Waals surface area contributed by atoms with Crippen molar-refractivity contribution in [2.75, 3.05) is 24.4 Å². The van der Waals surface area contributed by atoms with Crippen molar-refractivity contribution in [2.45, 2.75) is 51.8 Å². The Labute approximate surface area is 221 Å². The zero-order chi connectivity index (χ0) is 27.0. The number of thioether (sulfide) groups is 1. The number of carbonyl (C=O) groups excluding carboxylic acids is 3. The summed E-state index contributed by atoms with van der Waals surface area (Å²) in [6, 6.07) is 9.34. The molecular formula is C26H34ClN3O5S. The third-order valence-electron chi connectivity index (χ3n) is 5.24. The fraction of sp³-hybridized carbons (Fsp3) is 0.423. The van der Waals surface area contributed by atoms with Gasteiger partial charge in [0.1, 0.15) is 23.4 Å². The number of likely N-dealkylation sites (N-methyl/N-ethyl adjacent to an activating group) is 1. The zero-order valence-corrected chi connectivity index (χ0v) is 23.0. The van der Waals surface area contributed by atoms with Crippen LogP contribution in [0.15, 0.2) is 42.5 Å². The summed E-state index contributed by atoms with van der Waals surface area (Å²) in [6.07, 6.45) is 1.51. The van der Waals surface area contributed by atoms with Gasteiger partial charge in [0.05, 0.1) is 10.7 Å². The lowest BCUT2D eigenvalue weighted by atomic mass is 10.0. The molecular weight excluding hydrogens is 502 g/mol. The molecule has 0 spiro atoms. The summed E-state index contributed by atoms with van der Waals surface area (Å²) in [7, 11) is 1.49. The van der Waals surface area contributed by atoms with Crippen LogP contribution in [0.2, 0.25) is 5.02 Å². The smallest absolute Gasteiger partial charge is 0.408 e. The van der Waals surface area contributed by atoms with Gasteiger partial charge in [-0.25, -0.2) is 4.79 Å². The summed E-state index contributed by atoms with van der Waals surface area (Å²) < 4.78 is 5.34. The summed E-state index contributed by atoms with van der Waals surface area (Å²) >= 11 is 7.84. The number of benzene rings is 2. The number of alkyl carbamates (subject to hydrolysis) is 1. The van der Waals surface area contributed by atoms with Crippen LogP contribution < -0.4 is 10.6 Å². The van der Waals surface area contributed by atoms with Gasteiger partial charge >= 0.3 is 6.09 Å². The number of phenols is 1. The first-order valence-corrected chi connectivity index (χ1v) is 13.2. The summed E-state index contributed by atoms with van der Waals surface area (Å²) in [5.41, 5.74) is 0.846. The number of ether oxygens (including phenoxy) is 1. The van der Waals surface area contributed by atoms with Gasteiger partial charge in [0.15, 0.2) is 0 Å². The Bertz CT molecular complexity index is 1070. The predicted octanol–water partition coefficient (Wildman–Crippen LogP) is 5.14. The monoisotopic (exact) mass is 535 g/mol. The van der Waals surface area contributed by atoms with Gasteiger partial charge in [0.25, 0.3) is 5.91 Å². The number of nitrogens with zero attached hydrogens (tertiary/aromatic N) is 1. The topological polar surface area (TPSA) is 108 Å². The molecule has 3 N–H and O–H groups in total. The second-order valence-corrected chi connectivity index (χ2v) is 10.7. The van der Waals surface area contributed by atoms with E-state index >= 15 is 0 Å². The normalized spacial score (nSPS) is 12.9. The molecule has 3 amide bonds. The number of aryl methyl sites for hydroxylation is 1. The number of amides is 3. The Kier molecular flexibility index (Phi) is 10.5. The Morgan fingerprint density at radius 2 is 1.83 bits per heavy atom. The number of hydrogen-bond donors (Lipinski definition) is 3. The number of anilines is 1. The van der Waals surface area contributed by atoms with Crippen LogP contribution in [0.5, 0.6) is 5.75 Å². The van der Waals surface area contributed by atoms with Gasteiger partial charge in [-0.2, -0.15) is 11.8 Å². The molecule has 0 radical (unpaired) electrons. The van der Waals surface area contributed by atoms with Gasteiger partial charge < -0.3 is 25.4 Å². The summed E-state index contributed by atoms with van der Waals surface area (Å²) in [6.45, 7) is 7.01. The van der Waals surface area contributed by atoms with Gasteiger partial charge in [0, 0.05) is 7.05 Å². The van der Waals surface area contributed by atoms with E-state index < -0.39 is 35.6 Å². The van der Waals surface area contributed by atoms with Crippen LogP contribution in [0.3, 0.4) is 0 Å². The molecule has 2 atom stereocenters. The molecule has 2 aromatic rings. The number of rotatable bonds is 9. The number of nitrogens with one attached hydrogen (secondary N) is 2. The fourth-order valence-electron chi connectivity index (χ4n) is 3.54. The molecule has 36 heavy (non-hydrogen) atoms. The highest BCUT2D eigenvalue weighted by atomic mass is 35.5. The molecule has 0 saturated carbocycles. The molecule has 0 aliphatic heterocycles. The average molecular weight is 536 g/mol. The molecule has 0 aromatic heterocycles. The van der Waals surface area contributed by atoms with Crippen LogP contribution in [0.25, 0.3) is 0 Å². The quantitative estimate of drug-likeness (QED) is 0.410. The van der Waals surface area contributed by atoms with Crippen LogP contribution in [-0.2, 0) is 14.3 Å². The maximum absolute atomic E-state index is 13.6. The van der Waals surface area contributed by atoms with Crippen LogP contribution in [-0.4, -0.2) is 58.6 Å². The van der Waals surface area contributed by atoms with Crippen molar-refractivity contribution < 1.29 is 24.2 Å². The molecule has 196 valence electrons. The van der Waals surface area contributed by atoms with Crippen molar-refractivity contribution in [1.29, 1.82) is 0 Å². The van der Waals surface area contributed by atoms with E-state index in [2.05, 4.69) is 10.6 Å². The fourth-order valence-corrected chi connectivity index (χ4v) is 4.28. The van der Waals surface area contributed by atoms with Crippen molar-refractivity contribution in [1.82, 2.24) is 10.2 Å². The van der Waals surface area contributed by atoms with Gasteiger partial charge in [-0.05, 0) is 75.5 Å². The highest BCUT2D eigenvalue weighted by molar-refractivity contribution is 7.98. The Balaban J connectivity index is 2.40. The van der Waals surface area contributed by atoms with E-state index in [0.717, 1.165) is 5.56 Å². The molecule has 10 heteroatoms. The highest BCUT2D eigenvalue weighted by Gasteiger charge is 2.34. The van der Waals surface area contributed by atoms with E-state index in [1.165, 1.54) is 35.8 Å². The third kappa shape index (κ3) is 8.34. The average Bonchev–Trinajstić information content (AvgIpc) is 2.77. The van der Waals surface area contributed by atoms with Crippen molar-refractivity contribution in [3.8, 4) is 5.75 Å². The van der Waals surface area contributed by atoms with Crippen LogP contribution in [0.1, 0.15) is 44.4 Å². The minimum Gasteiger partial charge on any atom is -0.508 e. The maximum Gasteiger partial charge on any atom is 0.408 e. The predicted molar refractivity (Wildman–Crippen MR) is 145 cm³/mol. The molecule has 0 saturated heterocycles. The first-order valence-electron chi connectivity index (χ1n) is 11.4. The molecule has 0 aliphatic carbocycles. The second kappa shape index (κ2) is 12.9. The van der Waals surface area contributed by atoms with Crippen LogP contribution >= 0.6 is 23.4 Å². The molecule has 0 bridgehead atoms. The van der Waals surface area contributed by atoms with E-state index in [1.807, 2.05) is 19.2 Å². The summed E-state index contributed by atoms with van der Waals surface area (Å²) in [5, 5.41) is 15.9. The van der Waals surface area contributed by atoms with Crippen molar-refractivity contribution in [2.24, 2.45) is 0 Å². The van der Waals surface area contributed by atoms with E-state index in [0.29, 0.717) is 28.4 Å². The van der Waals surface area contributed by atoms with Gasteiger partial charge in [-0.1, -0.05) is 35.9 Å². The number of aromatic hydroxyl groups is 1. The minimum absolute atomic E-state index is 0.0501. The standard InChI is InChI=1S/C26H34ClN3O5S/c1-16-9-7-12-19(27)21(16)29-23(32)22(17-10-8-11-18(31)15-17)30(5)24(33)20(13-14-36-6)28-25(34)35-26(2,3)4/h7-12,15,20,22,31H,13-14H2,1-6H3,(H,28,34)(H,29,32). The maximum atomic E-state index is 13.6. The third-order valence-corrected chi connectivity index (χ3v) is 6.20. The lowest BCUT2D eigenvalue weighted by Crippen LogP contribution is -2.51. The van der Waals surface area contributed by atoms with Crippen molar-refractivity contribution in [3.05, 3.63) is 58.6 Å². The molecule has 0 fully saturated rings. The Morgan fingerprint density at radius 1 is 1.17 bits per heavy atom. The van der Waals surface area contributed by atoms with Gasteiger partial charge in [-0.3, -0.25) is 9.59 Å². The number of para-hydroxylation sites is 1. The Morgan fingerprint density at radius 3 is 2.42 bits per heavy atom. The summed E-state index contributed by atoms with van der Waals surface area (Å²) in [5.74, 6) is -0.448.